The van der Waals surface area contributed by atoms with Gasteiger partial charge < -0.3 is 30.9 Å². The molecule has 0 saturated heterocycles. The maximum Gasteiger partial charge on any atom is 0.247 e. The van der Waals surface area contributed by atoms with Gasteiger partial charge in [-0.1, -0.05) is 25.6 Å². The number of nitrogens with one attached hydrogen (secondary N) is 4. The van der Waals surface area contributed by atoms with Crippen LogP contribution in [0.15, 0.2) is 79.9 Å². The van der Waals surface area contributed by atoms with Gasteiger partial charge in [-0.05, 0) is 36.9 Å². The summed E-state index contributed by atoms with van der Waals surface area (Å²) < 4.78 is 7.48. The fourth-order valence-corrected chi connectivity index (χ4v) is 3.94. The summed E-state index contributed by atoms with van der Waals surface area (Å²) in [6.45, 7) is 8.05. The van der Waals surface area contributed by atoms with Crippen LogP contribution in [0.4, 0.5) is 34.4 Å². The number of para-hydroxylation sites is 2. The number of carbonyl (C=O) groups is 1. The molecule has 4 N–H and O–H groups in total. The molecule has 39 heavy (non-hydrogen) atoms. The highest BCUT2D eigenvalue weighted by Gasteiger charge is 2.16. The molecule has 0 fully saturated rings. The van der Waals surface area contributed by atoms with E-state index in [0.29, 0.717) is 28.8 Å². The van der Waals surface area contributed by atoms with Crippen LogP contribution in [0.5, 0.6) is 5.75 Å². The number of hydrogen-bond donors (Lipinski definition) is 4. The fourth-order valence-electron chi connectivity index (χ4n) is 3.94. The van der Waals surface area contributed by atoms with E-state index in [9.17, 15) is 4.79 Å². The van der Waals surface area contributed by atoms with Gasteiger partial charge in [0.2, 0.25) is 5.91 Å². The van der Waals surface area contributed by atoms with Gasteiger partial charge in [0.05, 0.1) is 35.5 Å². The Labute approximate surface area is 227 Å². The predicted molar refractivity (Wildman–Crippen MR) is 156 cm³/mol. The van der Waals surface area contributed by atoms with E-state index in [0.717, 1.165) is 36.7 Å². The molecule has 11 nitrogen and oxygen atoms in total. The zero-order valence-corrected chi connectivity index (χ0v) is 22.3. The van der Waals surface area contributed by atoms with Crippen molar-refractivity contribution in [2.24, 2.45) is 0 Å². The fraction of sp³-hybridized carbons (Fsp3) is 0.214. The van der Waals surface area contributed by atoms with Crippen LogP contribution in [-0.4, -0.2) is 59.4 Å². The lowest BCUT2D eigenvalue weighted by molar-refractivity contribution is -0.111. The first kappa shape index (κ1) is 27.1. The largest absolute Gasteiger partial charge is 0.494 e. The topological polar surface area (TPSA) is 121 Å². The molecule has 2 aromatic heterocycles. The maximum atomic E-state index is 12.2. The predicted octanol–water partition coefficient (Wildman–Crippen LogP) is 4.33. The number of amides is 1. The number of methoxy groups -OCH3 is 1. The van der Waals surface area contributed by atoms with Gasteiger partial charge in [-0.2, -0.15) is 5.10 Å². The molecule has 2 heterocycles. The number of nitrogens with zero attached hydrogens (tertiary/aromatic N) is 5. The van der Waals surface area contributed by atoms with Crippen LogP contribution >= 0.6 is 0 Å². The molecule has 11 heteroatoms. The Morgan fingerprint density at radius 1 is 1.08 bits per heavy atom. The van der Waals surface area contributed by atoms with E-state index < -0.39 is 0 Å². The van der Waals surface area contributed by atoms with Gasteiger partial charge in [-0.25, -0.2) is 14.6 Å². The third-order valence-electron chi connectivity index (χ3n) is 5.89. The molecule has 0 atom stereocenters. The highest BCUT2D eigenvalue weighted by molar-refractivity contribution is 6.02. The zero-order valence-electron chi connectivity index (χ0n) is 22.3. The molecule has 202 valence electrons. The van der Waals surface area contributed by atoms with Crippen LogP contribution in [0.2, 0.25) is 0 Å². The van der Waals surface area contributed by atoms with Crippen LogP contribution in [0, 0.1) is 0 Å². The molecule has 0 radical (unpaired) electrons. The number of hydrogen-bond acceptors (Lipinski definition) is 9. The zero-order chi connectivity index (χ0) is 27.6. The Kier molecular flexibility index (Phi) is 9.09. The van der Waals surface area contributed by atoms with E-state index in [-0.39, 0.29) is 5.91 Å². The lowest BCUT2D eigenvalue weighted by Gasteiger charge is -2.25. The van der Waals surface area contributed by atoms with Crippen molar-refractivity contribution in [1.29, 1.82) is 0 Å². The molecule has 0 aliphatic carbocycles. The summed E-state index contributed by atoms with van der Waals surface area (Å²) in [7, 11) is 3.57. The Morgan fingerprint density at radius 3 is 2.54 bits per heavy atom. The molecule has 2 aromatic carbocycles. The average molecular weight is 528 g/mol. The summed E-state index contributed by atoms with van der Waals surface area (Å²) in [5.41, 5.74) is 3.77. The standard InChI is InChI=1S/C28H33N9O2/c1-5-28(38)35-21-16-22(25(39-4)17-24(21)36(3)15-13-29-6-2)34-27-18-26(30-19-31-27)33-20-10-7-8-11-23(20)37-14-9-12-32-37/h5,7-12,14,16-19,29H,1,6,13,15H2,2-4H3,(H,35,38)(H2,30,31,33,34). The molecule has 1 amide bonds. The molecule has 4 aromatic rings. The highest BCUT2D eigenvalue weighted by Crippen LogP contribution is 2.38. The average Bonchev–Trinajstić information content (AvgIpc) is 3.49. The van der Waals surface area contributed by atoms with Gasteiger partial charge in [0, 0.05) is 44.7 Å². The number of likely N-dealkylation sites (N-methyl/N-ethyl adjacent to an activating group) is 2. The second kappa shape index (κ2) is 13.1. The highest BCUT2D eigenvalue weighted by atomic mass is 16.5. The summed E-state index contributed by atoms with van der Waals surface area (Å²) in [6, 6.07) is 15.2. The first-order valence-corrected chi connectivity index (χ1v) is 12.5. The van der Waals surface area contributed by atoms with Crippen molar-refractivity contribution in [3.63, 3.8) is 0 Å². The minimum atomic E-state index is -0.309. The molecule has 0 saturated carbocycles. The molecule has 4 rings (SSSR count). The van der Waals surface area contributed by atoms with Crippen molar-refractivity contribution in [3.05, 3.63) is 79.9 Å². The number of rotatable bonds is 13. The Balaban J connectivity index is 1.61. The third-order valence-corrected chi connectivity index (χ3v) is 5.89. The Morgan fingerprint density at radius 2 is 1.85 bits per heavy atom. The normalized spacial score (nSPS) is 10.5. The van der Waals surface area contributed by atoms with E-state index in [1.165, 1.54) is 12.4 Å². The quantitative estimate of drug-likeness (QED) is 0.149. The molecule has 0 aliphatic rings. The number of aromatic nitrogens is 4. The summed E-state index contributed by atoms with van der Waals surface area (Å²) in [5, 5.41) is 17.2. The van der Waals surface area contributed by atoms with Crippen molar-refractivity contribution in [2.75, 3.05) is 54.6 Å². The van der Waals surface area contributed by atoms with Crippen molar-refractivity contribution in [1.82, 2.24) is 25.1 Å². The summed E-state index contributed by atoms with van der Waals surface area (Å²) in [4.78, 5) is 23.0. The summed E-state index contributed by atoms with van der Waals surface area (Å²) in [5.74, 6) is 1.41. The van der Waals surface area contributed by atoms with Crippen LogP contribution in [0.1, 0.15) is 6.92 Å². The van der Waals surface area contributed by atoms with Gasteiger partial charge in [0.1, 0.15) is 23.7 Å². The van der Waals surface area contributed by atoms with Crippen LogP contribution in [-0.2, 0) is 4.79 Å². The van der Waals surface area contributed by atoms with E-state index in [1.54, 1.807) is 24.1 Å². The smallest absolute Gasteiger partial charge is 0.247 e. The minimum absolute atomic E-state index is 0.309. The van der Waals surface area contributed by atoms with Crippen LogP contribution < -0.4 is 30.9 Å². The second-order valence-electron chi connectivity index (χ2n) is 8.54. The van der Waals surface area contributed by atoms with Gasteiger partial charge in [-0.3, -0.25) is 4.79 Å². The monoisotopic (exact) mass is 527 g/mol. The SMILES string of the molecule is C=CC(=O)Nc1cc(Nc2cc(Nc3ccccc3-n3cccn3)ncn2)c(OC)cc1N(C)CCNCC. The third kappa shape index (κ3) is 6.90. The molecule has 0 spiro atoms. The van der Waals surface area contributed by atoms with E-state index >= 15 is 0 Å². The lowest BCUT2D eigenvalue weighted by Crippen LogP contribution is -2.29. The Hall–Kier alpha value is -4.90. The number of anilines is 6. The van der Waals surface area contributed by atoms with Crippen molar-refractivity contribution in [3.8, 4) is 11.4 Å². The second-order valence-corrected chi connectivity index (χ2v) is 8.54. The van der Waals surface area contributed by atoms with Gasteiger partial charge in [0.15, 0.2) is 0 Å². The van der Waals surface area contributed by atoms with E-state index in [1.807, 2.05) is 55.7 Å². The summed E-state index contributed by atoms with van der Waals surface area (Å²) >= 11 is 0. The first-order chi connectivity index (χ1) is 19.0. The van der Waals surface area contributed by atoms with Crippen molar-refractivity contribution in [2.45, 2.75) is 6.92 Å². The van der Waals surface area contributed by atoms with Crippen LogP contribution in [0.3, 0.4) is 0 Å². The van der Waals surface area contributed by atoms with E-state index in [4.69, 9.17) is 4.74 Å². The molecule has 0 bridgehead atoms. The number of ether oxygens (including phenoxy) is 1. The molecule has 0 unspecified atom stereocenters. The van der Waals surface area contributed by atoms with E-state index in [2.05, 4.69) is 54.7 Å². The molecular weight excluding hydrogens is 494 g/mol. The van der Waals surface area contributed by atoms with Gasteiger partial charge in [0.25, 0.3) is 0 Å². The van der Waals surface area contributed by atoms with Crippen molar-refractivity contribution >= 4 is 40.3 Å². The number of benzene rings is 2. The number of carbonyl (C=O) groups excluding carboxylic acids is 1. The van der Waals surface area contributed by atoms with Gasteiger partial charge in [-0.15, -0.1) is 0 Å². The van der Waals surface area contributed by atoms with Crippen molar-refractivity contribution < 1.29 is 9.53 Å². The first-order valence-electron chi connectivity index (χ1n) is 12.5. The molecular formula is C28H33N9O2. The summed E-state index contributed by atoms with van der Waals surface area (Å²) in [6.07, 6.45) is 6.32. The molecule has 0 aliphatic heterocycles. The maximum absolute atomic E-state index is 12.2. The Bertz CT molecular complexity index is 1410. The lowest BCUT2D eigenvalue weighted by atomic mass is 10.2. The van der Waals surface area contributed by atoms with Crippen LogP contribution in [0.25, 0.3) is 5.69 Å². The minimum Gasteiger partial charge on any atom is -0.494 e. The van der Waals surface area contributed by atoms with Gasteiger partial charge >= 0.3 is 0 Å².